The average molecular weight is 285 g/mol. The van der Waals surface area contributed by atoms with E-state index in [0.29, 0.717) is 10.7 Å². The Morgan fingerprint density at radius 2 is 2.15 bits per heavy atom. The van der Waals surface area contributed by atoms with Crippen molar-refractivity contribution in [3.8, 4) is 0 Å². The summed E-state index contributed by atoms with van der Waals surface area (Å²) in [4.78, 5) is 15.5. The third kappa shape index (κ3) is 2.10. The molecule has 6 heteroatoms. The van der Waals surface area contributed by atoms with E-state index in [-0.39, 0.29) is 5.56 Å². The predicted octanol–water partition coefficient (Wildman–Crippen LogP) is 3.44. The first-order chi connectivity index (χ1) is 9.66. The van der Waals surface area contributed by atoms with Crippen LogP contribution in [-0.4, -0.2) is 20.4 Å². The van der Waals surface area contributed by atoms with Gasteiger partial charge in [0.25, 0.3) is 0 Å². The Bertz CT molecular complexity index is 793. The molecule has 0 saturated carbocycles. The number of nitrogens with zero attached hydrogens (tertiary/aromatic N) is 2. The lowest BCUT2D eigenvalue weighted by Crippen LogP contribution is -2.01. The van der Waals surface area contributed by atoms with E-state index in [1.54, 1.807) is 13.1 Å². The summed E-state index contributed by atoms with van der Waals surface area (Å²) in [6.45, 7) is 1.69. The first-order valence-corrected chi connectivity index (χ1v) is 6.74. The zero-order valence-electron chi connectivity index (χ0n) is 10.6. The lowest BCUT2D eigenvalue weighted by Gasteiger charge is -2.08. The van der Waals surface area contributed by atoms with Gasteiger partial charge in [-0.1, -0.05) is 6.07 Å². The molecule has 0 fully saturated rings. The van der Waals surface area contributed by atoms with Gasteiger partial charge in [0.2, 0.25) is 0 Å². The molecule has 20 heavy (non-hydrogen) atoms. The van der Waals surface area contributed by atoms with Gasteiger partial charge in [-0.2, -0.15) is 4.37 Å². The van der Waals surface area contributed by atoms with Crippen LogP contribution in [0.2, 0.25) is 0 Å². The first kappa shape index (κ1) is 12.6. The fourth-order valence-corrected chi connectivity index (χ4v) is 2.84. The number of rotatable bonds is 3. The van der Waals surface area contributed by atoms with E-state index >= 15 is 0 Å². The van der Waals surface area contributed by atoms with Crippen molar-refractivity contribution >= 4 is 39.1 Å². The number of aromatic carboxylic acids is 1. The molecule has 1 aromatic carbocycles. The quantitative estimate of drug-likeness (QED) is 0.771. The number of hydrogen-bond donors (Lipinski definition) is 2. The Hall–Kier alpha value is -2.47. The van der Waals surface area contributed by atoms with Gasteiger partial charge < -0.3 is 10.4 Å². The lowest BCUT2D eigenvalue weighted by molar-refractivity contribution is 0.0697. The molecule has 0 amide bonds. The SMILES string of the molecule is Cc1nsc(Nc2cccc3ncccc23)c1C(=O)O. The van der Waals surface area contributed by atoms with E-state index in [1.165, 1.54) is 0 Å². The van der Waals surface area contributed by atoms with Crippen LogP contribution in [0.3, 0.4) is 0 Å². The Morgan fingerprint density at radius 3 is 2.95 bits per heavy atom. The molecule has 0 aliphatic rings. The van der Waals surface area contributed by atoms with E-state index in [4.69, 9.17) is 0 Å². The molecule has 0 spiro atoms. The second kappa shape index (κ2) is 4.90. The van der Waals surface area contributed by atoms with Crippen LogP contribution in [0.25, 0.3) is 10.9 Å². The molecule has 2 N–H and O–H groups in total. The van der Waals surface area contributed by atoms with Crippen molar-refractivity contribution in [1.82, 2.24) is 9.36 Å². The molecule has 0 saturated heterocycles. The molecular weight excluding hydrogens is 274 g/mol. The minimum atomic E-state index is -0.975. The summed E-state index contributed by atoms with van der Waals surface area (Å²) < 4.78 is 4.10. The summed E-state index contributed by atoms with van der Waals surface area (Å²) >= 11 is 1.15. The minimum Gasteiger partial charge on any atom is -0.478 e. The van der Waals surface area contributed by atoms with Crippen LogP contribution in [-0.2, 0) is 0 Å². The predicted molar refractivity (Wildman–Crippen MR) is 78.8 cm³/mol. The van der Waals surface area contributed by atoms with Crippen molar-refractivity contribution in [2.45, 2.75) is 6.92 Å². The van der Waals surface area contributed by atoms with Crippen LogP contribution in [0.5, 0.6) is 0 Å². The van der Waals surface area contributed by atoms with Crippen LogP contribution in [0.4, 0.5) is 10.7 Å². The molecule has 3 aromatic rings. The maximum absolute atomic E-state index is 11.3. The number of carboxylic acid groups (broad SMARTS) is 1. The smallest absolute Gasteiger partial charge is 0.340 e. The zero-order valence-corrected chi connectivity index (χ0v) is 11.4. The third-order valence-corrected chi connectivity index (χ3v) is 3.82. The number of hydrogen-bond acceptors (Lipinski definition) is 5. The summed E-state index contributed by atoms with van der Waals surface area (Å²) in [5.41, 5.74) is 2.41. The van der Waals surface area contributed by atoms with Crippen LogP contribution in [0, 0.1) is 6.92 Å². The Kier molecular flexibility index (Phi) is 3.08. The Balaban J connectivity index is 2.08. The first-order valence-electron chi connectivity index (χ1n) is 5.97. The van der Waals surface area contributed by atoms with E-state index in [1.807, 2.05) is 30.3 Å². The fourth-order valence-electron chi connectivity index (χ4n) is 2.04. The topological polar surface area (TPSA) is 75.1 Å². The number of nitrogens with one attached hydrogen (secondary N) is 1. The number of fused-ring (bicyclic) bond motifs is 1. The van der Waals surface area contributed by atoms with Crippen molar-refractivity contribution in [1.29, 1.82) is 0 Å². The Morgan fingerprint density at radius 1 is 1.30 bits per heavy atom. The molecule has 0 radical (unpaired) electrons. The van der Waals surface area contributed by atoms with Gasteiger partial charge in [-0.15, -0.1) is 0 Å². The zero-order chi connectivity index (χ0) is 14.1. The van der Waals surface area contributed by atoms with Crippen LogP contribution >= 0.6 is 11.5 Å². The van der Waals surface area contributed by atoms with Gasteiger partial charge in [-0.05, 0) is 42.7 Å². The summed E-state index contributed by atoms with van der Waals surface area (Å²) in [5, 5.41) is 13.9. The number of pyridine rings is 1. The molecule has 0 bridgehead atoms. The minimum absolute atomic E-state index is 0.218. The maximum Gasteiger partial charge on any atom is 0.340 e. The van der Waals surface area contributed by atoms with E-state index < -0.39 is 5.97 Å². The van der Waals surface area contributed by atoms with Crippen molar-refractivity contribution < 1.29 is 9.90 Å². The molecular formula is C14H11N3O2S. The molecule has 0 aliphatic carbocycles. The van der Waals surface area contributed by atoms with E-state index in [9.17, 15) is 9.90 Å². The fraction of sp³-hybridized carbons (Fsp3) is 0.0714. The summed E-state index contributed by atoms with van der Waals surface area (Å²) in [5.74, 6) is -0.975. The number of anilines is 2. The Labute approximate surface area is 119 Å². The average Bonchev–Trinajstić information content (AvgIpc) is 2.80. The van der Waals surface area contributed by atoms with Gasteiger partial charge in [0, 0.05) is 17.3 Å². The normalized spacial score (nSPS) is 10.7. The molecule has 0 atom stereocenters. The third-order valence-electron chi connectivity index (χ3n) is 2.97. The molecule has 2 heterocycles. The second-order valence-corrected chi connectivity index (χ2v) is 5.05. The van der Waals surface area contributed by atoms with Crippen LogP contribution in [0.15, 0.2) is 36.5 Å². The molecule has 5 nitrogen and oxygen atoms in total. The standard InChI is InChI=1S/C14H11N3O2S/c1-8-12(14(18)19)13(20-17-8)16-11-6-2-5-10-9(11)4-3-7-15-10/h2-7,16H,1H3,(H,18,19). The molecule has 0 aliphatic heterocycles. The van der Waals surface area contributed by atoms with E-state index in [2.05, 4.69) is 14.7 Å². The molecule has 3 rings (SSSR count). The monoisotopic (exact) mass is 285 g/mol. The van der Waals surface area contributed by atoms with Gasteiger partial charge in [0.05, 0.1) is 11.2 Å². The largest absolute Gasteiger partial charge is 0.478 e. The number of benzene rings is 1. The molecule has 100 valence electrons. The van der Waals surface area contributed by atoms with Gasteiger partial charge in [-0.25, -0.2) is 4.79 Å². The highest BCUT2D eigenvalue weighted by atomic mass is 32.1. The van der Waals surface area contributed by atoms with Crippen molar-refractivity contribution in [2.24, 2.45) is 0 Å². The molecule has 0 unspecified atom stereocenters. The maximum atomic E-state index is 11.3. The highest BCUT2D eigenvalue weighted by Crippen LogP contribution is 2.31. The van der Waals surface area contributed by atoms with Crippen molar-refractivity contribution in [3.63, 3.8) is 0 Å². The summed E-state index contributed by atoms with van der Waals surface area (Å²) in [6.07, 6.45) is 1.73. The number of aryl methyl sites for hydroxylation is 1. The van der Waals surface area contributed by atoms with Gasteiger partial charge in [0.1, 0.15) is 10.6 Å². The molecule has 2 aromatic heterocycles. The number of carbonyl (C=O) groups is 1. The lowest BCUT2D eigenvalue weighted by atomic mass is 10.1. The summed E-state index contributed by atoms with van der Waals surface area (Å²) in [7, 11) is 0. The number of carboxylic acids is 1. The van der Waals surface area contributed by atoms with Crippen molar-refractivity contribution in [3.05, 3.63) is 47.8 Å². The number of aromatic nitrogens is 2. The van der Waals surface area contributed by atoms with E-state index in [0.717, 1.165) is 28.1 Å². The van der Waals surface area contributed by atoms with Gasteiger partial charge >= 0.3 is 5.97 Å². The van der Waals surface area contributed by atoms with Crippen LogP contribution < -0.4 is 5.32 Å². The second-order valence-electron chi connectivity index (χ2n) is 4.28. The van der Waals surface area contributed by atoms with Gasteiger partial charge in [-0.3, -0.25) is 4.98 Å². The highest BCUT2D eigenvalue weighted by molar-refractivity contribution is 7.10. The van der Waals surface area contributed by atoms with Crippen molar-refractivity contribution in [2.75, 3.05) is 5.32 Å². The highest BCUT2D eigenvalue weighted by Gasteiger charge is 2.18. The van der Waals surface area contributed by atoms with Crippen LogP contribution in [0.1, 0.15) is 16.1 Å². The summed E-state index contributed by atoms with van der Waals surface area (Å²) in [6, 6.07) is 9.48. The van der Waals surface area contributed by atoms with Gasteiger partial charge in [0.15, 0.2) is 0 Å².